The molecule has 0 fully saturated rings. The summed E-state index contributed by atoms with van der Waals surface area (Å²) in [6, 6.07) is 21.3. The van der Waals surface area contributed by atoms with Crippen LogP contribution < -0.4 is 9.47 Å². The highest BCUT2D eigenvalue weighted by molar-refractivity contribution is 5.84. The molecular formula is C29H38O3. The fourth-order valence-corrected chi connectivity index (χ4v) is 4.13. The molecule has 172 valence electrons. The van der Waals surface area contributed by atoms with Gasteiger partial charge >= 0.3 is 0 Å². The third-order valence-electron chi connectivity index (χ3n) is 6.19. The van der Waals surface area contributed by atoms with Gasteiger partial charge in [-0.2, -0.15) is 0 Å². The van der Waals surface area contributed by atoms with Crippen LogP contribution in [0.25, 0.3) is 10.8 Å². The van der Waals surface area contributed by atoms with E-state index in [1.807, 2.05) is 6.07 Å². The van der Waals surface area contributed by atoms with Gasteiger partial charge in [-0.05, 0) is 78.3 Å². The van der Waals surface area contributed by atoms with E-state index in [2.05, 4.69) is 96.1 Å². The molecule has 0 spiro atoms. The number of hydrogen-bond acceptors (Lipinski definition) is 3. The maximum Gasteiger partial charge on any atom is 0.207 e. The van der Waals surface area contributed by atoms with E-state index >= 15 is 0 Å². The van der Waals surface area contributed by atoms with Crippen molar-refractivity contribution in [3.05, 3.63) is 71.8 Å². The molecular weight excluding hydrogens is 396 g/mol. The lowest BCUT2D eigenvalue weighted by Gasteiger charge is -2.32. The minimum absolute atomic E-state index is 0.0605. The molecule has 3 aromatic rings. The van der Waals surface area contributed by atoms with E-state index < -0.39 is 0 Å². The van der Waals surface area contributed by atoms with Gasteiger partial charge in [0.25, 0.3) is 0 Å². The fraction of sp³-hybridized carbons (Fsp3) is 0.448. The molecule has 0 heterocycles. The summed E-state index contributed by atoms with van der Waals surface area (Å²) in [7, 11) is 1.70. The van der Waals surface area contributed by atoms with Crippen LogP contribution in [0.5, 0.6) is 11.5 Å². The van der Waals surface area contributed by atoms with Crippen LogP contribution in [0.2, 0.25) is 0 Å². The molecule has 0 aromatic heterocycles. The molecule has 0 aliphatic carbocycles. The zero-order chi connectivity index (χ0) is 23.3. The molecule has 0 aliphatic heterocycles. The smallest absolute Gasteiger partial charge is 0.207 e. The predicted molar refractivity (Wildman–Crippen MR) is 134 cm³/mol. The molecule has 0 aliphatic rings. The van der Waals surface area contributed by atoms with Gasteiger partial charge in [0, 0.05) is 5.92 Å². The molecule has 0 N–H and O–H groups in total. The Balaban J connectivity index is 1.93. The zero-order valence-corrected chi connectivity index (χ0v) is 20.6. The number of rotatable bonds is 10. The molecule has 3 atom stereocenters. The van der Waals surface area contributed by atoms with Gasteiger partial charge in [-0.25, -0.2) is 0 Å². The summed E-state index contributed by atoms with van der Waals surface area (Å²) >= 11 is 0. The van der Waals surface area contributed by atoms with E-state index in [0.717, 1.165) is 17.9 Å². The van der Waals surface area contributed by atoms with Crippen molar-refractivity contribution in [2.24, 2.45) is 5.92 Å². The first kappa shape index (κ1) is 24.1. The summed E-state index contributed by atoms with van der Waals surface area (Å²) in [5, 5.41) is 2.36. The van der Waals surface area contributed by atoms with Crippen LogP contribution in [-0.2, 0) is 4.74 Å². The van der Waals surface area contributed by atoms with E-state index in [0.29, 0.717) is 11.8 Å². The fourth-order valence-electron chi connectivity index (χ4n) is 4.13. The number of benzene rings is 3. The van der Waals surface area contributed by atoms with E-state index in [1.165, 1.54) is 21.9 Å². The Bertz CT molecular complexity index is 991. The second kappa shape index (κ2) is 10.9. The minimum Gasteiger partial charge on any atom is -0.497 e. The summed E-state index contributed by atoms with van der Waals surface area (Å²) in [6.45, 7) is 13.1. The van der Waals surface area contributed by atoms with Crippen LogP contribution in [0.1, 0.15) is 70.9 Å². The normalized spacial score (nSPS) is 14.5. The average molecular weight is 435 g/mol. The molecule has 0 bridgehead atoms. The van der Waals surface area contributed by atoms with Crippen molar-refractivity contribution >= 4 is 10.8 Å². The standard InChI is InChI=1S/C29H38O3/c1-8-21(6)22-11-14-26(15-12-22)32-29(31-20(4)5)28(19(2)3)25-10-9-24-18-27(30-7)16-13-23(24)17-25/h9-21,28-29H,8H2,1-7H3. The van der Waals surface area contributed by atoms with Crippen molar-refractivity contribution in [3.63, 3.8) is 0 Å². The van der Waals surface area contributed by atoms with Gasteiger partial charge in [0.15, 0.2) is 0 Å². The Morgan fingerprint density at radius 2 is 1.31 bits per heavy atom. The van der Waals surface area contributed by atoms with Crippen LogP contribution in [0.15, 0.2) is 60.7 Å². The van der Waals surface area contributed by atoms with Crippen molar-refractivity contribution < 1.29 is 14.2 Å². The molecule has 32 heavy (non-hydrogen) atoms. The maximum absolute atomic E-state index is 6.48. The Morgan fingerprint density at radius 1 is 0.719 bits per heavy atom. The number of hydrogen-bond donors (Lipinski definition) is 0. The monoisotopic (exact) mass is 434 g/mol. The van der Waals surface area contributed by atoms with Crippen LogP contribution in [-0.4, -0.2) is 19.5 Å². The SMILES string of the molecule is CCC(C)c1ccc(OC(OC(C)C)C(c2ccc3cc(OC)ccc3c2)C(C)C)cc1. The number of methoxy groups -OCH3 is 1. The quantitative estimate of drug-likeness (QED) is 0.303. The Morgan fingerprint density at radius 3 is 1.91 bits per heavy atom. The first-order valence-corrected chi connectivity index (χ1v) is 11.8. The van der Waals surface area contributed by atoms with Gasteiger partial charge in [0.05, 0.1) is 13.2 Å². The first-order chi connectivity index (χ1) is 15.3. The molecule has 3 nitrogen and oxygen atoms in total. The molecule has 3 aromatic carbocycles. The van der Waals surface area contributed by atoms with Gasteiger partial charge in [-0.15, -0.1) is 0 Å². The van der Waals surface area contributed by atoms with E-state index in [9.17, 15) is 0 Å². The minimum atomic E-state index is -0.375. The highest BCUT2D eigenvalue weighted by Crippen LogP contribution is 2.35. The van der Waals surface area contributed by atoms with Crippen molar-refractivity contribution in [2.45, 2.75) is 72.2 Å². The van der Waals surface area contributed by atoms with E-state index in [4.69, 9.17) is 14.2 Å². The highest BCUT2D eigenvalue weighted by Gasteiger charge is 2.30. The van der Waals surface area contributed by atoms with Gasteiger partial charge in [0.2, 0.25) is 6.29 Å². The summed E-state index contributed by atoms with van der Waals surface area (Å²) < 4.78 is 18.2. The van der Waals surface area contributed by atoms with Crippen LogP contribution in [0.3, 0.4) is 0 Å². The lowest BCUT2D eigenvalue weighted by molar-refractivity contribution is -0.129. The van der Waals surface area contributed by atoms with Crippen molar-refractivity contribution in [3.8, 4) is 11.5 Å². The predicted octanol–water partition coefficient (Wildman–Crippen LogP) is 7.93. The van der Waals surface area contributed by atoms with E-state index in [-0.39, 0.29) is 18.3 Å². The van der Waals surface area contributed by atoms with Crippen LogP contribution >= 0.6 is 0 Å². The zero-order valence-electron chi connectivity index (χ0n) is 20.6. The Hall–Kier alpha value is -2.52. The average Bonchev–Trinajstić information content (AvgIpc) is 2.78. The summed E-state index contributed by atoms with van der Waals surface area (Å²) in [6.07, 6.45) is 0.813. The van der Waals surface area contributed by atoms with Gasteiger partial charge < -0.3 is 14.2 Å². The molecule has 0 saturated heterocycles. The van der Waals surface area contributed by atoms with Crippen LogP contribution in [0.4, 0.5) is 0 Å². The summed E-state index contributed by atoms with van der Waals surface area (Å²) in [5.41, 5.74) is 2.56. The number of ether oxygens (including phenoxy) is 3. The molecule has 3 heteroatoms. The van der Waals surface area contributed by atoms with Crippen molar-refractivity contribution in [2.75, 3.05) is 7.11 Å². The second-order valence-electron chi connectivity index (χ2n) is 9.29. The molecule has 0 amide bonds. The second-order valence-corrected chi connectivity index (χ2v) is 9.29. The van der Waals surface area contributed by atoms with Crippen LogP contribution in [0, 0.1) is 5.92 Å². The van der Waals surface area contributed by atoms with Crippen molar-refractivity contribution in [1.29, 1.82) is 0 Å². The lowest BCUT2D eigenvalue weighted by Crippen LogP contribution is -2.34. The van der Waals surface area contributed by atoms with Gasteiger partial charge in [-0.3, -0.25) is 0 Å². The van der Waals surface area contributed by atoms with Gasteiger partial charge in [0.1, 0.15) is 11.5 Å². The van der Waals surface area contributed by atoms with E-state index in [1.54, 1.807) is 7.11 Å². The molecule has 3 rings (SSSR count). The highest BCUT2D eigenvalue weighted by atomic mass is 16.7. The van der Waals surface area contributed by atoms with Gasteiger partial charge in [-0.1, -0.05) is 64.1 Å². The Labute approximate surface area is 193 Å². The third-order valence-corrected chi connectivity index (χ3v) is 6.19. The first-order valence-electron chi connectivity index (χ1n) is 11.8. The molecule has 3 unspecified atom stereocenters. The third kappa shape index (κ3) is 5.83. The Kier molecular flexibility index (Phi) is 8.20. The molecule has 0 radical (unpaired) electrons. The number of fused-ring (bicyclic) bond motifs is 1. The topological polar surface area (TPSA) is 27.7 Å². The molecule has 0 saturated carbocycles. The largest absolute Gasteiger partial charge is 0.497 e. The summed E-state index contributed by atoms with van der Waals surface area (Å²) in [5.74, 6) is 2.70. The summed E-state index contributed by atoms with van der Waals surface area (Å²) in [4.78, 5) is 0. The lowest BCUT2D eigenvalue weighted by atomic mass is 9.86. The maximum atomic E-state index is 6.48. The van der Waals surface area contributed by atoms with Crippen molar-refractivity contribution in [1.82, 2.24) is 0 Å².